The first-order valence-electron chi connectivity index (χ1n) is 8.60. The van der Waals surface area contributed by atoms with E-state index in [1.165, 1.54) is 16.6 Å². The van der Waals surface area contributed by atoms with Gasteiger partial charge in [-0.25, -0.2) is 9.13 Å². The molecule has 128 valence electrons. The van der Waals surface area contributed by atoms with Crippen molar-refractivity contribution in [3.63, 3.8) is 0 Å². The predicted molar refractivity (Wildman–Crippen MR) is 103 cm³/mol. The van der Waals surface area contributed by atoms with E-state index in [0.29, 0.717) is 6.54 Å². The van der Waals surface area contributed by atoms with Crippen LogP contribution in [0.1, 0.15) is 27.9 Å². The number of aromatic nitrogens is 2. The van der Waals surface area contributed by atoms with Gasteiger partial charge in [0, 0.05) is 16.5 Å². The minimum absolute atomic E-state index is 0.124. The average Bonchev–Trinajstić information content (AvgIpc) is 2.89. The van der Waals surface area contributed by atoms with E-state index in [2.05, 4.69) is 56.4 Å². The minimum atomic E-state index is 0.124. The molecule has 0 saturated carbocycles. The highest BCUT2D eigenvalue weighted by atomic mass is 79.9. The van der Waals surface area contributed by atoms with Gasteiger partial charge in [0.05, 0.1) is 13.1 Å². The third-order valence-electron chi connectivity index (χ3n) is 4.99. The number of rotatable bonds is 3. The zero-order chi connectivity index (χ0) is 17.6. The lowest BCUT2D eigenvalue weighted by Crippen LogP contribution is -2.42. The monoisotopic (exact) mass is 398 g/mol. The number of nitrogens with zero attached hydrogens (tertiary/aromatic N) is 2. The number of aryl methyl sites for hydroxylation is 3. The second-order valence-corrected chi connectivity index (χ2v) is 7.61. The van der Waals surface area contributed by atoms with Gasteiger partial charge in [0.1, 0.15) is 17.6 Å². The Labute approximate surface area is 155 Å². The maximum absolute atomic E-state index is 12.8. The third kappa shape index (κ3) is 2.86. The lowest BCUT2D eigenvalue weighted by molar-refractivity contribution is -0.661. The van der Waals surface area contributed by atoms with Gasteiger partial charge in [-0.3, -0.25) is 10.1 Å². The van der Waals surface area contributed by atoms with Crippen LogP contribution in [0.3, 0.4) is 0 Å². The number of imidazole rings is 1. The lowest BCUT2D eigenvalue weighted by atomic mass is 10.1. The number of nitrogens with one attached hydrogen (secondary N) is 1. The molecule has 1 aromatic heterocycles. The van der Waals surface area contributed by atoms with Crippen LogP contribution in [0.5, 0.6) is 0 Å². The molecule has 1 aliphatic rings. The highest BCUT2D eigenvalue weighted by Crippen LogP contribution is 2.24. The average molecular weight is 399 g/mol. The summed E-state index contributed by atoms with van der Waals surface area (Å²) in [5.41, 5.74) is 5.60. The van der Waals surface area contributed by atoms with Crippen molar-refractivity contribution in [2.75, 3.05) is 11.9 Å². The highest BCUT2D eigenvalue weighted by Gasteiger charge is 2.28. The molecule has 0 spiro atoms. The Morgan fingerprint density at radius 3 is 2.68 bits per heavy atom. The summed E-state index contributed by atoms with van der Waals surface area (Å²) in [4.78, 5) is 12.8. The van der Waals surface area contributed by atoms with E-state index in [9.17, 15) is 4.79 Å². The summed E-state index contributed by atoms with van der Waals surface area (Å²) in [5.74, 6) is 1.16. The molecule has 0 unspecified atom stereocenters. The quantitative estimate of drug-likeness (QED) is 0.534. The van der Waals surface area contributed by atoms with Crippen LogP contribution < -0.4 is 9.88 Å². The molecular formula is C20H21BrN3O+. The van der Waals surface area contributed by atoms with Gasteiger partial charge in [-0.1, -0.05) is 28.1 Å². The first kappa shape index (κ1) is 16.3. The van der Waals surface area contributed by atoms with Crippen molar-refractivity contribution in [2.45, 2.75) is 33.4 Å². The topological polar surface area (TPSA) is 37.9 Å². The van der Waals surface area contributed by atoms with E-state index >= 15 is 0 Å². The summed E-state index contributed by atoms with van der Waals surface area (Å²) in [6.07, 6.45) is 1.10. The van der Waals surface area contributed by atoms with Crippen molar-refractivity contribution in [1.82, 2.24) is 4.57 Å². The van der Waals surface area contributed by atoms with Gasteiger partial charge < -0.3 is 0 Å². The molecule has 2 heterocycles. The molecule has 0 radical (unpaired) electrons. The molecule has 1 aliphatic heterocycles. The second kappa shape index (κ2) is 6.30. The summed E-state index contributed by atoms with van der Waals surface area (Å²) in [6.45, 7) is 6.54. The molecule has 5 heteroatoms. The number of fused-ring (bicyclic) bond motifs is 3. The fraction of sp³-hybridized carbons (Fsp3) is 0.300. The molecule has 4 rings (SSSR count). The van der Waals surface area contributed by atoms with Crippen molar-refractivity contribution in [3.05, 3.63) is 57.6 Å². The van der Waals surface area contributed by atoms with Crippen molar-refractivity contribution < 1.29 is 9.36 Å². The molecule has 1 N–H and O–H groups in total. The highest BCUT2D eigenvalue weighted by molar-refractivity contribution is 9.10. The van der Waals surface area contributed by atoms with Crippen LogP contribution in [0, 0.1) is 13.8 Å². The maximum Gasteiger partial charge on any atom is 0.358 e. The largest absolute Gasteiger partial charge is 0.358 e. The Morgan fingerprint density at radius 2 is 1.92 bits per heavy atom. The fourth-order valence-electron chi connectivity index (χ4n) is 3.48. The second-order valence-electron chi connectivity index (χ2n) is 6.70. The minimum Gasteiger partial charge on any atom is -0.291 e. The van der Waals surface area contributed by atoms with Crippen molar-refractivity contribution in [3.8, 4) is 0 Å². The number of halogens is 1. The third-order valence-corrected chi connectivity index (χ3v) is 5.52. The van der Waals surface area contributed by atoms with Crippen LogP contribution in [0.4, 0.5) is 5.95 Å². The number of hydrogen-bond acceptors (Lipinski definition) is 2. The molecule has 25 heavy (non-hydrogen) atoms. The summed E-state index contributed by atoms with van der Waals surface area (Å²) >= 11 is 3.42. The Kier molecular flexibility index (Phi) is 4.12. The van der Waals surface area contributed by atoms with Gasteiger partial charge in [0.2, 0.25) is 0 Å². The Balaban J connectivity index is 1.82. The molecule has 0 aliphatic carbocycles. The molecule has 4 nitrogen and oxygen atoms in total. The number of Topliss-reactive ketones (excluding diaryl/α,β-unsaturated/α-hetero) is 1. The number of benzene rings is 2. The SMILES string of the molecule is Cc1cc2c(cc1C)[n+]1c(n2CC(=O)c2ccc(Br)cc2)NCCC1. The predicted octanol–water partition coefficient (Wildman–Crippen LogP) is 4.01. The molecular weight excluding hydrogens is 378 g/mol. The Bertz CT molecular complexity index is 973. The van der Waals surface area contributed by atoms with Crippen LogP contribution in [0.15, 0.2) is 40.9 Å². The maximum atomic E-state index is 12.8. The smallest absolute Gasteiger partial charge is 0.291 e. The Morgan fingerprint density at radius 1 is 1.20 bits per heavy atom. The van der Waals surface area contributed by atoms with Crippen molar-refractivity contribution >= 4 is 38.7 Å². The molecule has 0 saturated heterocycles. The number of carbonyl (C=O) groups is 1. The van der Waals surface area contributed by atoms with E-state index in [4.69, 9.17) is 0 Å². The molecule has 0 fully saturated rings. The number of anilines is 1. The van der Waals surface area contributed by atoms with E-state index in [-0.39, 0.29) is 5.78 Å². The van der Waals surface area contributed by atoms with E-state index < -0.39 is 0 Å². The summed E-state index contributed by atoms with van der Waals surface area (Å²) < 4.78 is 5.42. The van der Waals surface area contributed by atoms with Crippen LogP contribution in [-0.4, -0.2) is 16.9 Å². The first-order valence-corrected chi connectivity index (χ1v) is 9.40. The molecule has 0 atom stereocenters. The lowest BCUT2D eigenvalue weighted by Gasteiger charge is -2.11. The molecule has 2 aromatic carbocycles. The molecule has 0 amide bonds. The molecule has 0 bridgehead atoms. The summed E-state index contributed by atoms with van der Waals surface area (Å²) in [5, 5.41) is 3.49. The van der Waals surface area contributed by atoms with Gasteiger partial charge in [-0.2, -0.15) is 0 Å². The number of ketones is 1. The van der Waals surface area contributed by atoms with Gasteiger partial charge in [-0.05, 0) is 49.2 Å². The zero-order valence-electron chi connectivity index (χ0n) is 14.5. The van der Waals surface area contributed by atoms with Crippen LogP contribution in [0.25, 0.3) is 11.0 Å². The number of carbonyl (C=O) groups excluding carboxylic acids is 1. The first-order chi connectivity index (χ1) is 12.0. The van der Waals surface area contributed by atoms with Gasteiger partial charge in [0.15, 0.2) is 5.78 Å². The van der Waals surface area contributed by atoms with Crippen LogP contribution >= 0.6 is 15.9 Å². The standard InChI is InChI=1S/C20H20BrN3O/c1-13-10-17-18(11-14(13)2)24(20-22-8-3-9-23(17)20)12-19(25)15-4-6-16(21)7-5-15/h4-7,10-11H,3,8-9,12H2,1-2H3/p+1. The van der Waals surface area contributed by atoms with Crippen LogP contribution in [0.2, 0.25) is 0 Å². The van der Waals surface area contributed by atoms with E-state index in [1.807, 2.05) is 24.3 Å². The zero-order valence-corrected chi connectivity index (χ0v) is 16.1. The van der Waals surface area contributed by atoms with Gasteiger partial charge in [-0.15, -0.1) is 0 Å². The number of hydrogen-bond donors (Lipinski definition) is 1. The van der Waals surface area contributed by atoms with Crippen molar-refractivity contribution in [1.29, 1.82) is 0 Å². The van der Waals surface area contributed by atoms with E-state index in [1.54, 1.807) is 0 Å². The Hall–Kier alpha value is -2.14. The van der Waals surface area contributed by atoms with Gasteiger partial charge in [0.25, 0.3) is 0 Å². The van der Waals surface area contributed by atoms with Crippen molar-refractivity contribution in [2.24, 2.45) is 0 Å². The van der Waals surface area contributed by atoms with Crippen LogP contribution in [-0.2, 0) is 13.1 Å². The fourth-order valence-corrected chi connectivity index (χ4v) is 3.74. The van der Waals surface area contributed by atoms with Gasteiger partial charge >= 0.3 is 5.95 Å². The normalized spacial score (nSPS) is 13.6. The summed E-state index contributed by atoms with van der Waals surface area (Å²) in [6, 6.07) is 12.0. The van der Waals surface area contributed by atoms with E-state index in [0.717, 1.165) is 41.0 Å². The summed E-state index contributed by atoms with van der Waals surface area (Å²) in [7, 11) is 0. The molecule has 3 aromatic rings.